The lowest BCUT2D eigenvalue weighted by atomic mass is 10.3. The fourth-order valence-corrected chi connectivity index (χ4v) is 1.10. The van der Waals surface area contributed by atoms with Crippen molar-refractivity contribution in [2.24, 2.45) is 0 Å². The molecular weight excluding hydrogens is 209 g/mol. The zero-order valence-corrected chi connectivity index (χ0v) is 8.54. The lowest BCUT2D eigenvalue weighted by molar-refractivity contribution is -0.115. The Balaban J connectivity index is 2.87. The first-order valence-corrected chi connectivity index (χ1v) is 4.55. The van der Waals surface area contributed by atoms with Gasteiger partial charge in [-0.1, -0.05) is 30.1 Å². The van der Waals surface area contributed by atoms with Crippen LogP contribution in [-0.4, -0.2) is 5.91 Å². The molecule has 0 saturated heterocycles. The van der Waals surface area contributed by atoms with E-state index in [4.69, 9.17) is 23.2 Å². The van der Waals surface area contributed by atoms with Crippen LogP contribution in [0.5, 0.6) is 0 Å². The largest absolute Gasteiger partial charge is 0.325 e. The standard InChI is InChI=1S/C9H8Cl2NO/c1-2-9(13)12-8-5-6(10)3-4-7(8)11/h4-5H,2H2,1H3,(H,12,13). The highest BCUT2D eigenvalue weighted by molar-refractivity contribution is 6.35. The van der Waals surface area contributed by atoms with Crippen molar-refractivity contribution >= 4 is 34.8 Å². The number of carbonyl (C=O) groups is 1. The van der Waals surface area contributed by atoms with Gasteiger partial charge in [0.1, 0.15) is 0 Å². The van der Waals surface area contributed by atoms with Crippen LogP contribution in [0.1, 0.15) is 13.3 Å². The van der Waals surface area contributed by atoms with Crippen LogP contribution in [0.4, 0.5) is 5.69 Å². The number of halogens is 2. The highest BCUT2D eigenvalue weighted by atomic mass is 35.5. The van der Waals surface area contributed by atoms with Gasteiger partial charge in [0.15, 0.2) is 0 Å². The molecule has 0 aliphatic rings. The Morgan fingerprint density at radius 2 is 2.31 bits per heavy atom. The number of hydrogen-bond acceptors (Lipinski definition) is 1. The Hall–Kier alpha value is -0.730. The number of amides is 1. The zero-order chi connectivity index (χ0) is 9.84. The summed E-state index contributed by atoms with van der Waals surface area (Å²) in [6.45, 7) is 1.76. The molecule has 0 aliphatic carbocycles. The van der Waals surface area contributed by atoms with Crippen LogP contribution in [0.15, 0.2) is 12.1 Å². The minimum Gasteiger partial charge on any atom is -0.325 e. The molecule has 0 heterocycles. The molecule has 1 aromatic rings. The normalized spacial score (nSPS) is 9.77. The molecule has 1 N–H and O–H groups in total. The van der Waals surface area contributed by atoms with Crippen molar-refractivity contribution < 1.29 is 4.79 Å². The van der Waals surface area contributed by atoms with Gasteiger partial charge in [-0.25, -0.2) is 0 Å². The van der Waals surface area contributed by atoms with Crippen LogP contribution in [0.25, 0.3) is 0 Å². The highest BCUT2D eigenvalue weighted by Gasteiger charge is 2.04. The molecular formula is C9H8Cl2NO. The molecule has 0 unspecified atom stereocenters. The van der Waals surface area contributed by atoms with Crippen molar-refractivity contribution in [2.45, 2.75) is 13.3 Å². The molecule has 1 rings (SSSR count). The maximum atomic E-state index is 11.0. The summed E-state index contributed by atoms with van der Waals surface area (Å²) in [5.74, 6) is -0.0934. The minimum atomic E-state index is -0.0934. The minimum absolute atomic E-state index is 0.0934. The van der Waals surface area contributed by atoms with Crippen molar-refractivity contribution in [3.8, 4) is 0 Å². The third-order valence-electron chi connectivity index (χ3n) is 1.46. The summed E-state index contributed by atoms with van der Waals surface area (Å²) in [6.07, 6.45) is 0.409. The molecule has 0 saturated carbocycles. The lowest BCUT2D eigenvalue weighted by Crippen LogP contribution is -2.09. The molecule has 2 nitrogen and oxygen atoms in total. The summed E-state index contributed by atoms with van der Waals surface area (Å²) in [4.78, 5) is 11.0. The maximum Gasteiger partial charge on any atom is 0.224 e. The van der Waals surface area contributed by atoms with Gasteiger partial charge in [0.05, 0.1) is 15.7 Å². The van der Waals surface area contributed by atoms with Crippen molar-refractivity contribution in [1.82, 2.24) is 0 Å². The van der Waals surface area contributed by atoms with Crippen molar-refractivity contribution in [1.29, 1.82) is 0 Å². The second-order valence-corrected chi connectivity index (χ2v) is 3.26. The first-order chi connectivity index (χ1) is 6.13. The zero-order valence-electron chi connectivity index (χ0n) is 7.03. The average molecular weight is 217 g/mol. The summed E-state index contributed by atoms with van der Waals surface area (Å²) in [5.41, 5.74) is 0.525. The van der Waals surface area contributed by atoms with E-state index < -0.39 is 0 Å². The molecule has 4 heteroatoms. The van der Waals surface area contributed by atoms with Gasteiger partial charge in [0.2, 0.25) is 5.91 Å². The second kappa shape index (κ2) is 4.49. The number of rotatable bonds is 2. The molecule has 1 aromatic carbocycles. The van der Waals surface area contributed by atoms with E-state index >= 15 is 0 Å². The van der Waals surface area contributed by atoms with Gasteiger partial charge < -0.3 is 5.32 Å². The summed E-state index contributed by atoms with van der Waals surface area (Å²) in [7, 11) is 0. The predicted octanol–water partition coefficient (Wildman–Crippen LogP) is 3.14. The van der Waals surface area contributed by atoms with E-state index in [9.17, 15) is 4.79 Å². The fraction of sp³-hybridized carbons (Fsp3) is 0.222. The van der Waals surface area contributed by atoms with Crippen LogP contribution in [0.2, 0.25) is 10.0 Å². The second-order valence-electron chi connectivity index (χ2n) is 2.44. The van der Waals surface area contributed by atoms with Crippen molar-refractivity contribution in [3.63, 3.8) is 0 Å². The third kappa shape index (κ3) is 2.90. The summed E-state index contributed by atoms with van der Waals surface area (Å²) in [5, 5.41) is 3.49. The van der Waals surface area contributed by atoms with Crippen molar-refractivity contribution in [3.05, 3.63) is 28.2 Å². The van der Waals surface area contributed by atoms with Gasteiger partial charge in [-0.3, -0.25) is 4.79 Å². The van der Waals surface area contributed by atoms with Crippen LogP contribution in [0, 0.1) is 6.07 Å². The molecule has 0 aromatic heterocycles. The Bertz CT molecular complexity index is 325. The van der Waals surface area contributed by atoms with Gasteiger partial charge >= 0.3 is 0 Å². The van der Waals surface area contributed by atoms with Gasteiger partial charge in [-0.2, -0.15) is 0 Å². The molecule has 1 amide bonds. The lowest BCUT2D eigenvalue weighted by Gasteiger charge is -2.05. The van der Waals surface area contributed by atoms with Crippen LogP contribution in [-0.2, 0) is 4.79 Å². The number of benzene rings is 1. The number of anilines is 1. The molecule has 13 heavy (non-hydrogen) atoms. The van der Waals surface area contributed by atoms with Gasteiger partial charge in [-0.15, -0.1) is 0 Å². The Morgan fingerprint density at radius 3 is 2.92 bits per heavy atom. The summed E-state index contributed by atoms with van der Waals surface area (Å²) < 4.78 is 0. The van der Waals surface area contributed by atoms with E-state index in [1.54, 1.807) is 13.0 Å². The average Bonchev–Trinajstić information content (AvgIpc) is 2.11. The summed E-state index contributed by atoms with van der Waals surface area (Å²) >= 11 is 11.5. The number of nitrogens with one attached hydrogen (secondary N) is 1. The van der Waals surface area contributed by atoms with E-state index in [0.717, 1.165) is 0 Å². The molecule has 0 spiro atoms. The Kier molecular flexibility index (Phi) is 3.58. The van der Waals surface area contributed by atoms with Crippen LogP contribution < -0.4 is 5.32 Å². The quantitative estimate of drug-likeness (QED) is 0.809. The highest BCUT2D eigenvalue weighted by Crippen LogP contribution is 2.24. The van der Waals surface area contributed by atoms with E-state index in [1.165, 1.54) is 6.07 Å². The molecule has 0 atom stereocenters. The molecule has 0 bridgehead atoms. The van der Waals surface area contributed by atoms with Gasteiger partial charge in [-0.05, 0) is 12.1 Å². The Morgan fingerprint density at radius 1 is 1.62 bits per heavy atom. The molecule has 0 aliphatic heterocycles. The first kappa shape index (κ1) is 10.4. The number of carbonyl (C=O) groups excluding carboxylic acids is 1. The Labute approximate surface area is 86.8 Å². The van der Waals surface area contributed by atoms with E-state index in [1.807, 2.05) is 0 Å². The molecule has 1 radical (unpaired) electrons. The predicted molar refractivity (Wildman–Crippen MR) is 54.2 cm³/mol. The van der Waals surface area contributed by atoms with Gasteiger partial charge in [0.25, 0.3) is 0 Å². The van der Waals surface area contributed by atoms with Crippen LogP contribution in [0.3, 0.4) is 0 Å². The maximum absolute atomic E-state index is 11.0. The molecule has 0 fully saturated rings. The van der Waals surface area contributed by atoms with Crippen molar-refractivity contribution in [2.75, 3.05) is 5.32 Å². The number of hydrogen-bond donors (Lipinski definition) is 1. The molecule has 69 valence electrons. The SMILES string of the molecule is CCC(=O)Nc1cc(Cl)[c]cc1Cl. The van der Waals surface area contributed by atoms with E-state index in [2.05, 4.69) is 11.4 Å². The third-order valence-corrected chi connectivity index (χ3v) is 1.99. The van der Waals surface area contributed by atoms with Gasteiger partial charge in [0, 0.05) is 12.5 Å². The van der Waals surface area contributed by atoms with E-state index in [0.29, 0.717) is 22.2 Å². The van der Waals surface area contributed by atoms with Crippen LogP contribution >= 0.6 is 23.2 Å². The topological polar surface area (TPSA) is 29.1 Å². The first-order valence-electron chi connectivity index (χ1n) is 3.80. The monoisotopic (exact) mass is 216 g/mol. The van der Waals surface area contributed by atoms with E-state index in [-0.39, 0.29) is 5.91 Å². The summed E-state index contributed by atoms with van der Waals surface area (Å²) in [6, 6.07) is 5.80. The fourth-order valence-electron chi connectivity index (χ4n) is 0.782. The smallest absolute Gasteiger partial charge is 0.224 e.